The number of nitrogens with two attached hydrogens (primary N) is 2. The molecular weight excluding hydrogens is 138 g/mol. The molecule has 3 heteroatoms. The lowest BCUT2D eigenvalue weighted by Crippen LogP contribution is -2.18. The molecule has 0 aromatic carbocycles. The topological polar surface area (TPSA) is 64.1 Å². The molecule has 0 spiro atoms. The van der Waals surface area contributed by atoms with E-state index in [-0.39, 0.29) is 0 Å². The number of hydrogen-bond acceptors (Lipinski definition) is 3. The number of rotatable bonds is 8. The van der Waals surface area contributed by atoms with E-state index in [0.717, 1.165) is 0 Å². The molecule has 0 aliphatic rings. The largest absolute Gasteiger partial charge is 0.330 e. The van der Waals surface area contributed by atoms with Crippen LogP contribution in [0.5, 0.6) is 0 Å². The van der Waals surface area contributed by atoms with Crippen LogP contribution in [0.3, 0.4) is 0 Å². The molecule has 5 N–H and O–H groups in total. The van der Waals surface area contributed by atoms with Crippen molar-refractivity contribution >= 4 is 0 Å². The minimum Gasteiger partial charge on any atom is -0.330 e. The Morgan fingerprint density at radius 2 is 1.36 bits per heavy atom. The highest BCUT2D eigenvalue weighted by atomic mass is 14.8. The highest BCUT2D eigenvalue weighted by Gasteiger charge is 1.87. The molecule has 0 saturated heterocycles. The Labute approximate surface area is 75.1 Å². The minimum atomic E-state index is -1.59. The van der Waals surface area contributed by atoms with Crippen LogP contribution in [-0.2, 0) is 0 Å². The van der Waals surface area contributed by atoms with Gasteiger partial charge in [-0.15, -0.1) is 0 Å². The van der Waals surface area contributed by atoms with Gasteiger partial charge in [-0.25, -0.2) is 0 Å². The van der Waals surface area contributed by atoms with Gasteiger partial charge in [0.15, 0.2) is 0 Å². The quantitative estimate of drug-likeness (QED) is 0.443. The molecule has 0 aliphatic heterocycles. The molecule has 68 valence electrons. The monoisotopic (exact) mass is 163 g/mol. The average Bonchev–Trinajstić information content (AvgIpc) is 1.98. The molecule has 0 aromatic rings. The molecule has 0 aromatic heterocycles. The van der Waals surface area contributed by atoms with Gasteiger partial charge in [0, 0.05) is 5.48 Å². The van der Waals surface area contributed by atoms with E-state index in [0.29, 0.717) is 38.8 Å². The van der Waals surface area contributed by atoms with E-state index in [1.54, 1.807) is 0 Å². The Morgan fingerprint density at radius 3 is 1.73 bits per heavy atom. The maximum absolute atomic E-state index is 7.08. The smallest absolute Gasteiger partial charge is 0.0425 e. The van der Waals surface area contributed by atoms with Crippen molar-refractivity contribution in [3.05, 3.63) is 0 Å². The fraction of sp³-hybridized carbons (Fsp3) is 1.00. The average molecular weight is 163 g/mol. The lowest BCUT2D eigenvalue weighted by Gasteiger charge is -2.02. The molecule has 0 saturated carbocycles. The van der Waals surface area contributed by atoms with E-state index < -0.39 is 13.0 Å². The summed E-state index contributed by atoms with van der Waals surface area (Å²) < 4.78 is 28.3. The van der Waals surface area contributed by atoms with Gasteiger partial charge in [0.2, 0.25) is 0 Å². The van der Waals surface area contributed by atoms with Crippen LogP contribution in [0.25, 0.3) is 0 Å². The molecular formula is C8H21N3. The van der Waals surface area contributed by atoms with E-state index in [1.165, 1.54) is 0 Å². The van der Waals surface area contributed by atoms with Crippen molar-refractivity contribution in [1.82, 2.24) is 5.32 Å². The third-order valence-corrected chi connectivity index (χ3v) is 1.35. The van der Waals surface area contributed by atoms with Crippen molar-refractivity contribution in [3.63, 3.8) is 0 Å². The van der Waals surface area contributed by atoms with Crippen LogP contribution in [0.15, 0.2) is 0 Å². The Balaban J connectivity index is 3.20. The number of nitrogens with one attached hydrogen (secondary N) is 1. The third kappa shape index (κ3) is 9.88. The SMILES string of the molecule is [2H]C([2H])(N)CCCNCCCC([2H])([2H])N. The minimum absolute atomic E-state index is 0.331. The lowest BCUT2D eigenvalue weighted by atomic mass is 10.3. The summed E-state index contributed by atoms with van der Waals surface area (Å²) in [6.45, 7) is -1.78. The van der Waals surface area contributed by atoms with Crippen LogP contribution in [0.1, 0.15) is 31.2 Å². The second kappa shape index (κ2) is 9.88. The Morgan fingerprint density at radius 1 is 0.909 bits per heavy atom. The summed E-state index contributed by atoms with van der Waals surface area (Å²) in [4.78, 5) is 0. The maximum atomic E-state index is 7.08. The van der Waals surface area contributed by atoms with Crippen molar-refractivity contribution < 1.29 is 5.48 Å². The summed E-state index contributed by atoms with van der Waals surface area (Å²) in [5.74, 6) is 0. The summed E-state index contributed by atoms with van der Waals surface area (Å²) in [5, 5.41) is 3.09. The Hall–Kier alpha value is -0.120. The molecule has 0 bridgehead atoms. The normalized spacial score (nSPS) is 18.4. The fourth-order valence-electron chi connectivity index (χ4n) is 0.756. The first-order chi connectivity index (χ1) is 6.71. The molecule has 0 rings (SSSR count). The summed E-state index contributed by atoms with van der Waals surface area (Å²) in [5.41, 5.74) is 10.3. The standard InChI is InChI=1S/C8H21N3/c9-5-1-3-7-11-8-4-2-6-10/h11H,1-10H2/i5D2,6D2. The van der Waals surface area contributed by atoms with Crippen LogP contribution < -0.4 is 16.8 Å². The van der Waals surface area contributed by atoms with E-state index in [2.05, 4.69) is 5.32 Å². The van der Waals surface area contributed by atoms with Crippen LogP contribution in [0.4, 0.5) is 0 Å². The predicted octanol–water partition coefficient (Wildman–Crippen LogP) is 0.0538. The summed E-state index contributed by atoms with van der Waals surface area (Å²) in [7, 11) is 0. The molecule has 0 unspecified atom stereocenters. The molecule has 0 aliphatic carbocycles. The van der Waals surface area contributed by atoms with Crippen LogP contribution in [-0.4, -0.2) is 26.1 Å². The van der Waals surface area contributed by atoms with Gasteiger partial charge in [-0.1, -0.05) is 0 Å². The molecule has 0 fully saturated rings. The number of hydrogen-bond donors (Lipinski definition) is 3. The van der Waals surface area contributed by atoms with Gasteiger partial charge in [0.05, 0.1) is 0 Å². The van der Waals surface area contributed by atoms with Crippen molar-refractivity contribution in [1.29, 1.82) is 0 Å². The van der Waals surface area contributed by atoms with Gasteiger partial charge in [0.1, 0.15) is 0 Å². The van der Waals surface area contributed by atoms with Crippen molar-refractivity contribution in [2.24, 2.45) is 11.5 Å². The molecule has 0 amide bonds. The van der Waals surface area contributed by atoms with E-state index >= 15 is 0 Å². The Bertz CT molecular complexity index is 146. The second-order valence-corrected chi connectivity index (χ2v) is 2.37. The lowest BCUT2D eigenvalue weighted by molar-refractivity contribution is 0.595. The summed E-state index contributed by atoms with van der Waals surface area (Å²) in [6.07, 6.45) is 2.02. The van der Waals surface area contributed by atoms with Crippen molar-refractivity contribution in [2.45, 2.75) is 25.7 Å². The van der Waals surface area contributed by atoms with Crippen molar-refractivity contribution in [3.8, 4) is 0 Å². The fourth-order valence-corrected chi connectivity index (χ4v) is 0.756. The molecule has 11 heavy (non-hydrogen) atoms. The van der Waals surface area contributed by atoms with E-state index in [9.17, 15) is 0 Å². The van der Waals surface area contributed by atoms with Gasteiger partial charge in [0.25, 0.3) is 0 Å². The highest BCUT2D eigenvalue weighted by molar-refractivity contribution is 4.49. The zero-order valence-electron chi connectivity index (χ0n) is 10.9. The van der Waals surface area contributed by atoms with Gasteiger partial charge in [-0.2, -0.15) is 0 Å². The first-order valence-corrected chi connectivity index (χ1v) is 3.99. The van der Waals surface area contributed by atoms with Crippen molar-refractivity contribution in [2.75, 3.05) is 26.1 Å². The first-order valence-electron chi connectivity index (χ1n) is 5.99. The van der Waals surface area contributed by atoms with Crippen LogP contribution >= 0.6 is 0 Å². The molecule has 3 nitrogen and oxygen atoms in total. The van der Waals surface area contributed by atoms with Gasteiger partial charge in [-0.05, 0) is 51.8 Å². The predicted molar refractivity (Wildman–Crippen MR) is 49.4 cm³/mol. The zero-order valence-corrected chi connectivity index (χ0v) is 6.90. The van der Waals surface area contributed by atoms with Crippen LogP contribution in [0, 0.1) is 0 Å². The highest BCUT2D eigenvalue weighted by Crippen LogP contribution is 1.85. The third-order valence-electron chi connectivity index (χ3n) is 1.35. The summed E-state index contributed by atoms with van der Waals surface area (Å²) >= 11 is 0. The van der Waals surface area contributed by atoms with E-state index in [1.807, 2.05) is 0 Å². The molecule has 0 atom stereocenters. The zero-order chi connectivity index (χ0) is 11.9. The Kier molecular flexibility index (Phi) is 4.95. The van der Waals surface area contributed by atoms with Gasteiger partial charge in [-0.3, -0.25) is 0 Å². The second-order valence-electron chi connectivity index (χ2n) is 2.37. The molecule has 0 radical (unpaired) electrons. The maximum Gasteiger partial charge on any atom is 0.0425 e. The first kappa shape index (κ1) is 5.51. The molecule has 0 heterocycles. The van der Waals surface area contributed by atoms with Gasteiger partial charge >= 0.3 is 0 Å². The van der Waals surface area contributed by atoms with Gasteiger partial charge < -0.3 is 16.8 Å². The summed E-state index contributed by atoms with van der Waals surface area (Å²) in [6, 6.07) is 0. The van der Waals surface area contributed by atoms with E-state index in [4.69, 9.17) is 17.0 Å². The van der Waals surface area contributed by atoms with Crippen LogP contribution in [0.2, 0.25) is 0 Å².